The Morgan fingerprint density at radius 1 is 1.37 bits per heavy atom. The van der Waals surface area contributed by atoms with Gasteiger partial charge in [0.2, 0.25) is 5.91 Å². The molecule has 2 unspecified atom stereocenters. The van der Waals surface area contributed by atoms with Crippen molar-refractivity contribution < 1.29 is 9.53 Å². The third kappa shape index (κ3) is 4.38. The predicted molar refractivity (Wildman–Crippen MR) is 73.4 cm³/mol. The first-order valence-electron chi connectivity index (χ1n) is 6.34. The van der Waals surface area contributed by atoms with Crippen molar-refractivity contribution in [1.29, 1.82) is 5.26 Å². The summed E-state index contributed by atoms with van der Waals surface area (Å²) in [6.45, 7) is 4.46. The molecule has 1 rings (SSSR count). The molecule has 19 heavy (non-hydrogen) atoms. The van der Waals surface area contributed by atoms with E-state index in [0.29, 0.717) is 12.2 Å². The molecule has 0 saturated carbocycles. The van der Waals surface area contributed by atoms with E-state index in [2.05, 4.69) is 11.4 Å². The van der Waals surface area contributed by atoms with Crippen LogP contribution in [0.15, 0.2) is 30.3 Å². The standard InChI is InChI=1S/C15H20N2O2/c1-11(2)14(10-19-3)17-15(18)13(9-16)12-7-5-4-6-8-12/h4-8,11,13-14H,10H2,1-3H3,(H,17,18). The molecule has 0 aromatic heterocycles. The van der Waals surface area contributed by atoms with Crippen molar-refractivity contribution in [3.63, 3.8) is 0 Å². The summed E-state index contributed by atoms with van der Waals surface area (Å²) < 4.78 is 5.09. The van der Waals surface area contributed by atoms with E-state index in [-0.39, 0.29) is 17.9 Å². The van der Waals surface area contributed by atoms with Crippen LogP contribution in [0, 0.1) is 17.2 Å². The first-order valence-corrected chi connectivity index (χ1v) is 6.34. The lowest BCUT2D eigenvalue weighted by molar-refractivity contribution is -0.122. The average molecular weight is 260 g/mol. The molecule has 0 aliphatic heterocycles. The molecule has 102 valence electrons. The van der Waals surface area contributed by atoms with Crippen LogP contribution in [0.5, 0.6) is 0 Å². The maximum absolute atomic E-state index is 12.2. The summed E-state index contributed by atoms with van der Waals surface area (Å²) in [6.07, 6.45) is 0. The van der Waals surface area contributed by atoms with Crippen molar-refractivity contribution in [1.82, 2.24) is 5.32 Å². The smallest absolute Gasteiger partial charge is 0.242 e. The van der Waals surface area contributed by atoms with Crippen LogP contribution in [0.3, 0.4) is 0 Å². The van der Waals surface area contributed by atoms with Gasteiger partial charge in [-0.1, -0.05) is 44.2 Å². The minimum absolute atomic E-state index is 0.0861. The number of carbonyl (C=O) groups is 1. The lowest BCUT2D eigenvalue weighted by atomic mass is 9.98. The minimum Gasteiger partial charge on any atom is -0.383 e. The van der Waals surface area contributed by atoms with Crippen molar-refractivity contribution in [3.8, 4) is 6.07 Å². The van der Waals surface area contributed by atoms with Gasteiger partial charge in [-0.25, -0.2) is 0 Å². The van der Waals surface area contributed by atoms with Gasteiger partial charge in [-0.05, 0) is 11.5 Å². The van der Waals surface area contributed by atoms with Crippen molar-refractivity contribution in [2.45, 2.75) is 25.8 Å². The molecule has 0 aliphatic rings. The topological polar surface area (TPSA) is 62.1 Å². The quantitative estimate of drug-likeness (QED) is 0.851. The van der Waals surface area contributed by atoms with E-state index in [0.717, 1.165) is 0 Å². The van der Waals surface area contributed by atoms with E-state index < -0.39 is 5.92 Å². The molecule has 1 aromatic carbocycles. The van der Waals surface area contributed by atoms with E-state index in [1.807, 2.05) is 32.0 Å². The Kier molecular flexibility index (Phi) is 6.04. The van der Waals surface area contributed by atoms with E-state index in [9.17, 15) is 10.1 Å². The van der Waals surface area contributed by atoms with Crippen molar-refractivity contribution >= 4 is 5.91 Å². The molecule has 4 heteroatoms. The maximum Gasteiger partial charge on any atom is 0.242 e. The van der Waals surface area contributed by atoms with Crippen molar-refractivity contribution in [2.24, 2.45) is 5.92 Å². The number of rotatable bonds is 6. The van der Waals surface area contributed by atoms with Gasteiger partial charge in [0.1, 0.15) is 5.92 Å². The van der Waals surface area contributed by atoms with E-state index >= 15 is 0 Å². The third-order valence-electron chi connectivity index (χ3n) is 3.00. The number of nitriles is 1. The van der Waals surface area contributed by atoms with E-state index in [1.165, 1.54) is 0 Å². The molecule has 1 amide bonds. The van der Waals surface area contributed by atoms with Crippen LogP contribution in [0.2, 0.25) is 0 Å². The highest BCUT2D eigenvalue weighted by Gasteiger charge is 2.24. The highest BCUT2D eigenvalue weighted by Crippen LogP contribution is 2.15. The van der Waals surface area contributed by atoms with Crippen LogP contribution in [0.4, 0.5) is 0 Å². The minimum atomic E-state index is -0.778. The van der Waals surface area contributed by atoms with Gasteiger partial charge in [0.25, 0.3) is 0 Å². The monoisotopic (exact) mass is 260 g/mol. The Balaban J connectivity index is 2.78. The zero-order valence-electron chi connectivity index (χ0n) is 11.6. The summed E-state index contributed by atoms with van der Waals surface area (Å²) in [5.74, 6) is -0.803. The number of benzene rings is 1. The molecule has 1 N–H and O–H groups in total. The van der Waals surface area contributed by atoms with E-state index in [1.54, 1.807) is 19.2 Å². The first-order chi connectivity index (χ1) is 9.10. The molecular formula is C15H20N2O2. The first kappa shape index (κ1) is 15.2. The second-order valence-corrected chi connectivity index (χ2v) is 4.79. The predicted octanol–water partition coefficient (Wildman–Crippen LogP) is 2.08. The van der Waals surface area contributed by atoms with Gasteiger partial charge in [-0.15, -0.1) is 0 Å². The summed E-state index contributed by atoms with van der Waals surface area (Å²) in [7, 11) is 1.60. The zero-order chi connectivity index (χ0) is 14.3. The Morgan fingerprint density at radius 2 is 2.00 bits per heavy atom. The molecule has 1 aromatic rings. The van der Waals surface area contributed by atoms with Gasteiger partial charge in [-0.2, -0.15) is 5.26 Å². The summed E-state index contributed by atoms with van der Waals surface area (Å²) in [4.78, 5) is 12.2. The fourth-order valence-corrected chi connectivity index (χ4v) is 1.78. The van der Waals surface area contributed by atoms with E-state index in [4.69, 9.17) is 4.74 Å². The Morgan fingerprint density at radius 3 is 2.47 bits per heavy atom. The lowest BCUT2D eigenvalue weighted by Crippen LogP contribution is -2.43. The van der Waals surface area contributed by atoms with Crippen LogP contribution >= 0.6 is 0 Å². The molecule has 0 heterocycles. The molecule has 0 radical (unpaired) electrons. The maximum atomic E-state index is 12.2. The van der Waals surface area contributed by atoms with Crippen molar-refractivity contribution in [2.75, 3.05) is 13.7 Å². The fraction of sp³-hybridized carbons (Fsp3) is 0.467. The number of hydrogen-bond donors (Lipinski definition) is 1. The molecule has 0 aliphatic carbocycles. The zero-order valence-corrected chi connectivity index (χ0v) is 11.6. The molecule has 2 atom stereocenters. The van der Waals surface area contributed by atoms with Gasteiger partial charge in [0.05, 0.1) is 18.7 Å². The summed E-state index contributed by atoms with van der Waals surface area (Å²) in [5.41, 5.74) is 0.711. The Bertz CT molecular complexity index is 437. The molecule has 4 nitrogen and oxygen atoms in total. The fourth-order valence-electron chi connectivity index (χ4n) is 1.78. The van der Waals surface area contributed by atoms with Crippen LogP contribution < -0.4 is 5.32 Å². The average Bonchev–Trinajstić information content (AvgIpc) is 2.40. The SMILES string of the molecule is COCC(NC(=O)C(C#N)c1ccccc1)C(C)C. The number of hydrogen-bond acceptors (Lipinski definition) is 3. The number of methoxy groups -OCH3 is 1. The highest BCUT2D eigenvalue weighted by molar-refractivity contribution is 5.86. The van der Waals surface area contributed by atoms with Gasteiger partial charge in [0, 0.05) is 7.11 Å². The largest absolute Gasteiger partial charge is 0.383 e. The summed E-state index contributed by atoms with van der Waals surface area (Å²) >= 11 is 0. The number of ether oxygens (including phenoxy) is 1. The molecule has 0 saturated heterocycles. The van der Waals surface area contributed by atoms with Gasteiger partial charge in [0.15, 0.2) is 0 Å². The second-order valence-electron chi connectivity index (χ2n) is 4.79. The molecule has 0 spiro atoms. The highest BCUT2D eigenvalue weighted by atomic mass is 16.5. The van der Waals surface area contributed by atoms with Gasteiger partial charge in [-0.3, -0.25) is 4.79 Å². The summed E-state index contributed by atoms with van der Waals surface area (Å²) in [5, 5.41) is 12.1. The third-order valence-corrected chi connectivity index (χ3v) is 3.00. The van der Waals surface area contributed by atoms with Crippen LogP contribution in [0.25, 0.3) is 0 Å². The number of amides is 1. The molecule has 0 fully saturated rings. The van der Waals surface area contributed by atoms with Crippen LogP contribution in [0.1, 0.15) is 25.3 Å². The van der Waals surface area contributed by atoms with Crippen LogP contribution in [-0.2, 0) is 9.53 Å². The van der Waals surface area contributed by atoms with Crippen LogP contribution in [-0.4, -0.2) is 25.7 Å². The second kappa shape index (κ2) is 7.55. The lowest BCUT2D eigenvalue weighted by Gasteiger charge is -2.22. The van der Waals surface area contributed by atoms with Crippen molar-refractivity contribution in [3.05, 3.63) is 35.9 Å². The van der Waals surface area contributed by atoms with Gasteiger partial charge < -0.3 is 10.1 Å². The molecule has 0 bridgehead atoms. The Hall–Kier alpha value is -1.86. The Labute approximate surface area is 114 Å². The number of nitrogens with zero attached hydrogens (tertiary/aromatic N) is 1. The summed E-state index contributed by atoms with van der Waals surface area (Å²) in [6, 6.07) is 11.0. The number of carbonyl (C=O) groups excluding carboxylic acids is 1. The normalized spacial score (nSPS) is 13.6. The number of nitrogens with one attached hydrogen (secondary N) is 1. The van der Waals surface area contributed by atoms with Gasteiger partial charge >= 0.3 is 0 Å². The molecular weight excluding hydrogens is 240 g/mol.